The van der Waals surface area contributed by atoms with Crippen LogP contribution in [0.3, 0.4) is 0 Å². The first-order valence-corrected chi connectivity index (χ1v) is 12.4. The molecule has 3 amide bonds. The fourth-order valence-electron chi connectivity index (χ4n) is 4.19. The summed E-state index contributed by atoms with van der Waals surface area (Å²) < 4.78 is 11.8. The summed E-state index contributed by atoms with van der Waals surface area (Å²) in [4.78, 5) is 41.8. The molecule has 1 aliphatic rings. The third kappa shape index (κ3) is 5.16. The van der Waals surface area contributed by atoms with Crippen LogP contribution in [-0.2, 0) is 4.79 Å². The van der Waals surface area contributed by atoms with Gasteiger partial charge in [-0.2, -0.15) is 0 Å². The van der Waals surface area contributed by atoms with Gasteiger partial charge in [-0.15, -0.1) is 11.3 Å². The van der Waals surface area contributed by atoms with Crippen LogP contribution in [0.5, 0.6) is 11.5 Å². The van der Waals surface area contributed by atoms with Crippen LogP contribution in [-0.4, -0.2) is 61.1 Å². The van der Waals surface area contributed by atoms with E-state index in [4.69, 9.17) is 14.6 Å². The van der Waals surface area contributed by atoms with E-state index < -0.39 is 0 Å². The molecular weight excluding hydrogens is 468 g/mol. The maximum absolute atomic E-state index is 13.2. The van der Waals surface area contributed by atoms with Crippen molar-refractivity contribution in [3.8, 4) is 11.5 Å². The molecule has 184 valence electrons. The van der Waals surface area contributed by atoms with Gasteiger partial charge in [-0.3, -0.25) is 19.4 Å². The number of benzene rings is 2. The number of methoxy groups -OCH3 is 1. The van der Waals surface area contributed by atoms with E-state index >= 15 is 0 Å². The average Bonchev–Trinajstić information content (AvgIpc) is 3.31. The number of ketones is 1. The van der Waals surface area contributed by atoms with Gasteiger partial charge < -0.3 is 14.6 Å². The molecule has 0 spiro atoms. The fourth-order valence-corrected chi connectivity index (χ4v) is 5.23. The van der Waals surface area contributed by atoms with E-state index in [0.717, 1.165) is 21.3 Å². The highest BCUT2D eigenvalue weighted by atomic mass is 32.1. The van der Waals surface area contributed by atoms with Gasteiger partial charge in [0, 0.05) is 47.0 Å². The molecule has 0 saturated carbocycles. The van der Waals surface area contributed by atoms with Crippen LogP contribution in [0, 0.1) is 6.92 Å². The predicted molar refractivity (Wildman–Crippen MR) is 135 cm³/mol. The molecule has 0 radical (unpaired) electrons. The molecule has 1 N–H and O–H groups in total. The van der Waals surface area contributed by atoms with E-state index in [1.54, 1.807) is 34.4 Å². The van der Waals surface area contributed by atoms with Crippen molar-refractivity contribution in [2.24, 2.45) is 0 Å². The fraction of sp³-hybridized carbons (Fsp3) is 0.346. The smallest absolute Gasteiger partial charge is 0.331 e. The number of fused-ring (bicyclic) bond motifs is 1. The molecule has 0 aliphatic carbocycles. The molecule has 2 heterocycles. The van der Waals surface area contributed by atoms with Crippen molar-refractivity contribution >= 4 is 44.8 Å². The van der Waals surface area contributed by atoms with E-state index in [-0.39, 0.29) is 43.8 Å². The summed E-state index contributed by atoms with van der Waals surface area (Å²) in [5, 5.41) is 11.9. The van der Waals surface area contributed by atoms with Crippen molar-refractivity contribution in [3.05, 3.63) is 52.9 Å². The second kappa shape index (κ2) is 10.9. The zero-order valence-electron chi connectivity index (χ0n) is 19.8. The lowest BCUT2D eigenvalue weighted by Gasteiger charge is -2.34. The van der Waals surface area contributed by atoms with E-state index in [9.17, 15) is 14.4 Å². The van der Waals surface area contributed by atoms with Crippen molar-refractivity contribution < 1.29 is 29.0 Å². The number of thiophene rings is 1. The molecule has 1 aliphatic heterocycles. The summed E-state index contributed by atoms with van der Waals surface area (Å²) in [7, 11) is 1.46. The van der Waals surface area contributed by atoms with Crippen LogP contribution in [0.2, 0.25) is 0 Å². The molecule has 35 heavy (non-hydrogen) atoms. The van der Waals surface area contributed by atoms with Crippen LogP contribution in [0.15, 0.2) is 41.8 Å². The highest BCUT2D eigenvalue weighted by molar-refractivity contribution is 7.18. The first-order valence-electron chi connectivity index (χ1n) is 11.5. The summed E-state index contributed by atoms with van der Waals surface area (Å²) in [6.45, 7) is 2.90. The monoisotopic (exact) mass is 496 g/mol. The highest BCUT2D eigenvalue weighted by Crippen LogP contribution is 2.36. The number of imide groups is 1. The number of Topliss-reactive ketones (excluding diaryl/α,β-unsaturated/α-hetero) is 1. The van der Waals surface area contributed by atoms with Crippen molar-refractivity contribution in [1.29, 1.82) is 0 Å². The number of carbonyl (C=O) groups is 3. The number of aliphatic hydroxyl groups excluding tert-OH is 1. The average molecular weight is 497 g/mol. The van der Waals surface area contributed by atoms with Crippen LogP contribution in [0.4, 0.5) is 10.5 Å². The van der Waals surface area contributed by atoms with Gasteiger partial charge in [-0.1, -0.05) is 18.2 Å². The van der Waals surface area contributed by atoms with E-state index in [1.807, 2.05) is 30.5 Å². The van der Waals surface area contributed by atoms with Crippen LogP contribution < -0.4 is 14.4 Å². The third-order valence-electron chi connectivity index (χ3n) is 5.99. The minimum Gasteiger partial charge on any atom is -0.493 e. The summed E-state index contributed by atoms with van der Waals surface area (Å²) in [5.41, 5.74) is 2.36. The Morgan fingerprint density at radius 3 is 2.71 bits per heavy atom. The molecule has 1 saturated heterocycles. The first-order chi connectivity index (χ1) is 16.9. The summed E-state index contributed by atoms with van der Waals surface area (Å²) in [6, 6.07) is 10.4. The molecule has 0 atom stereocenters. The Hall–Kier alpha value is -3.43. The zero-order valence-corrected chi connectivity index (χ0v) is 20.6. The number of nitrogens with zero attached hydrogens (tertiary/aromatic N) is 2. The maximum Gasteiger partial charge on any atom is 0.331 e. The molecule has 3 aromatic rings. The third-order valence-corrected chi connectivity index (χ3v) is 7.11. The molecule has 2 aromatic carbocycles. The summed E-state index contributed by atoms with van der Waals surface area (Å²) in [6.07, 6.45) is 0.581. The number of rotatable bonds is 9. The molecular formula is C26H28N2O6S. The van der Waals surface area contributed by atoms with E-state index in [2.05, 4.69) is 0 Å². The van der Waals surface area contributed by atoms with Gasteiger partial charge in [-0.05, 0) is 37.1 Å². The van der Waals surface area contributed by atoms with Crippen molar-refractivity contribution in [1.82, 2.24) is 4.90 Å². The van der Waals surface area contributed by atoms with Gasteiger partial charge in [0.05, 0.1) is 19.4 Å². The summed E-state index contributed by atoms with van der Waals surface area (Å²) in [5.74, 6) is 0.199. The quantitative estimate of drug-likeness (QED) is 0.441. The minimum atomic E-state index is -0.362. The van der Waals surface area contributed by atoms with Crippen molar-refractivity contribution in [3.63, 3.8) is 0 Å². The lowest BCUT2D eigenvalue weighted by atomic mass is 10.1. The van der Waals surface area contributed by atoms with Crippen LogP contribution in [0.1, 0.15) is 35.2 Å². The second-order valence-corrected chi connectivity index (χ2v) is 9.15. The van der Waals surface area contributed by atoms with Gasteiger partial charge >= 0.3 is 6.03 Å². The Bertz CT molecular complexity index is 1250. The molecule has 9 heteroatoms. The Morgan fingerprint density at radius 2 is 1.94 bits per heavy atom. The number of hydrogen-bond acceptors (Lipinski definition) is 7. The van der Waals surface area contributed by atoms with E-state index in [1.165, 1.54) is 12.0 Å². The normalized spacial score (nSPS) is 13.9. The largest absolute Gasteiger partial charge is 0.493 e. The van der Waals surface area contributed by atoms with Crippen LogP contribution in [0.25, 0.3) is 10.1 Å². The molecule has 0 unspecified atom stereocenters. The number of hydrogen-bond donors (Lipinski definition) is 1. The van der Waals surface area contributed by atoms with Gasteiger partial charge in [-0.25, -0.2) is 4.79 Å². The lowest BCUT2D eigenvalue weighted by Crippen LogP contribution is -2.51. The summed E-state index contributed by atoms with van der Waals surface area (Å²) >= 11 is 1.59. The molecule has 8 nitrogen and oxygen atoms in total. The standard InChI is InChI=1S/C26H28N2O6S/c1-17-5-3-6-19-20(16-35-25(17)19)27-11-4-12-28(26(27)32)24(31)10-8-21(30)18-7-9-22(34-14-13-29)23(15-18)33-2/h3,5-7,9,15-16,29H,4,8,10-14H2,1-2H3. The number of anilines is 1. The Labute approximate surface area is 207 Å². The van der Waals surface area contributed by atoms with E-state index in [0.29, 0.717) is 36.6 Å². The predicted octanol–water partition coefficient (Wildman–Crippen LogP) is 4.41. The van der Waals surface area contributed by atoms with Gasteiger partial charge in [0.15, 0.2) is 17.3 Å². The Balaban J connectivity index is 1.42. The minimum absolute atomic E-state index is 0.0246. The molecule has 4 rings (SSSR count). The lowest BCUT2D eigenvalue weighted by molar-refractivity contribution is -0.128. The van der Waals surface area contributed by atoms with Crippen molar-refractivity contribution in [2.45, 2.75) is 26.2 Å². The topological polar surface area (TPSA) is 96.4 Å². The maximum atomic E-state index is 13.2. The first kappa shape index (κ1) is 24.7. The number of ether oxygens (including phenoxy) is 2. The van der Waals surface area contributed by atoms with Gasteiger partial charge in [0.2, 0.25) is 5.91 Å². The van der Waals surface area contributed by atoms with Gasteiger partial charge in [0.25, 0.3) is 0 Å². The zero-order chi connectivity index (χ0) is 24.9. The Morgan fingerprint density at radius 1 is 1.11 bits per heavy atom. The number of carbonyl (C=O) groups excluding carboxylic acids is 3. The van der Waals surface area contributed by atoms with Gasteiger partial charge in [0.1, 0.15) is 6.61 Å². The number of aliphatic hydroxyl groups is 1. The van der Waals surface area contributed by atoms with Crippen LogP contribution >= 0.6 is 11.3 Å². The molecule has 1 aromatic heterocycles. The highest BCUT2D eigenvalue weighted by Gasteiger charge is 2.32. The number of aryl methyl sites for hydroxylation is 1. The Kier molecular flexibility index (Phi) is 7.67. The second-order valence-electron chi connectivity index (χ2n) is 8.27. The molecule has 1 fully saturated rings. The van der Waals surface area contributed by atoms with Crippen molar-refractivity contribution in [2.75, 3.05) is 38.3 Å². The number of amides is 3. The molecule has 0 bridgehead atoms. The SMILES string of the molecule is COc1cc(C(=O)CCC(=O)N2CCCN(c3csc4c(C)cccc34)C2=O)ccc1OCCO. The number of urea groups is 1.